The van der Waals surface area contributed by atoms with E-state index in [0.717, 1.165) is 52.2 Å². The van der Waals surface area contributed by atoms with Crippen molar-refractivity contribution in [1.29, 1.82) is 0 Å². The molecule has 0 bridgehead atoms. The van der Waals surface area contributed by atoms with Crippen molar-refractivity contribution in [2.45, 2.75) is 12.8 Å². The molecule has 0 spiro atoms. The highest BCUT2D eigenvalue weighted by Gasteiger charge is 2.21. The largest absolute Gasteiger partial charge is 0.364 e. The molecule has 5 nitrogen and oxygen atoms in total. The minimum Gasteiger partial charge on any atom is -0.364 e. The Balaban J connectivity index is 0.00000196. The Morgan fingerprint density at radius 2 is 2.08 bits per heavy atom. The van der Waals surface area contributed by atoms with E-state index in [1.54, 1.807) is 0 Å². The number of hydrogen-bond acceptors (Lipinski definition) is 5. The van der Waals surface area contributed by atoms with Gasteiger partial charge in [-0.15, -0.1) is 28.8 Å². The van der Waals surface area contributed by atoms with Crippen LogP contribution in [0.5, 0.6) is 0 Å². The smallest absolute Gasteiger partial charge is 0.270 e. The van der Waals surface area contributed by atoms with Crippen LogP contribution in [0.1, 0.15) is 22.6 Å². The van der Waals surface area contributed by atoms with Crippen LogP contribution in [0, 0.1) is 5.92 Å². The highest BCUT2D eigenvalue weighted by atomic mass is 35.5. The molecule has 26 heavy (non-hydrogen) atoms. The summed E-state index contributed by atoms with van der Waals surface area (Å²) >= 11 is 7.50. The average molecular weight is 409 g/mol. The second kappa shape index (κ2) is 7.88. The number of hydrogen-bond donors (Lipinski definition) is 2. The van der Waals surface area contributed by atoms with Gasteiger partial charge in [0.2, 0.25) is 0 Å². The van der Waals surface area contributed by atoms with Gasteiger partial charge in [0.25, 0.3) is 5.91 Å². The molecule has 1 saturated heterocycles. The van der Waals surface area contributed by atoms with Crippen molar-refractivity contribution < 1.29 is 4.79 Å². The van der Waals surface area contributed by atoms with E-state index >= 15 is 0 Å². The summed E-state index contributed by atoms with van der Waals surface area (Å²) in [6.45, 7) is 2.04. The van der Waals surface area contributed by atoms with Crippen molar-refractivity contribution in [3.8, 4) is 10.4 Å². The topological polar surface area (TPSA) is 80.9 Å². The van der Waals surface area contributed by atoms with Gasteiger partial charge in [0, 0.05) is 15.3 Å². The van der Waals surface area contributed by atoms with Gasteiger partial charge < -0.3 is 11.1 Å². The molecule has 136 valence electrons. The van der Waals surface area contributed by atoms with Crippen LogP contribution in [0.25, 0.3) is 20.5 Å². The normalized spacial score (nSPS) is 16.6. The van der Waals surface area contributed by atoms with Crippen LogP contribution in [-0.2, 0) is 6.42 Å². The number of nitrogens with zero attached hydrogens (tertiary/aromatic N) is 2. The lowest BCUT2D eigenvalue weighted by Gasteiger charge is -2.08. The second-order valence-corrected chi connectivity index (χ2v) is 7.77. The standard InChI is InChI=1S/C18H17ClN4OS.ClH/c19-12-3-1-11(2-4-12)15-8-13-14(7-10-5-6-21-9-10)22-23-16(18(20)24)17(13)25-15;/h1-4,8,10,21H,5-7,9H2,(H2,20,24);1H. The zero-order chi connectivity index (χ0) is 17.4. The van der Waals surface area contributed by atoms with Crippen LogP contribution < -0.4 is 11.1 Å². The maximum atomic E-state index is 11.8. The third kappa shape index (κ3) is 3.69. The van der Waals surface area contributed by atoms with E-state index < -0.39 is 5.91 Å². The molecule has 1 aliphatic rings. The van der Waals surface area contributed by atoms with Gasteiger partial charge in [0.1, 0.15) is 0 Å². The summed E-state index contributed by atoms with van der Waals surface area (Å²) in [7, 11) is 0. The predicted molar refractivity (Wildman–Crippen MR) is 108 cm³/mol. The number of thiophene rings is 1. The van der Waals surface area contributed by atoms with Gasteiger partial charge in [-0.25, -0.2) is 0 Å². The zero-order valence-corrected chi connectivity index (χ0v) is 16.3. The Bertz CT molecular complexity index is 936. The first-order valence-electron chi connectivity index (χ1n) is 8.17. The van der Waals surface area contributed by atoms with Gasteiger partial charge in [0.15, 0.2) is 5.69 Å². The SMILES string of the molecule is Cl.NC(=O)c1nnc(CC2CCNC2)c2cc(-c3ccc(Cl)cc3)sc12. The molecule has 0 saturated carbocycles. The number of primary amides is 1. The van der Waals surface area contributed by atoms with E-state index in [0.29, 0.717) is 10.9 Å². The molecule has 8 heteroatoms. The number of amides is 1. The van der Waals surface area contributed by atoms with Crippen LogP contribution >= 0.6 is 35.3 Å². The number of nitrogens with two attached hydrogens (primary N) is 1. The van der Waals surface area contributed by atoms with Crippen molar-refractivity contribution in [3.05, 3.63) is 46.7 Å². The Kier molecular flexibility index (Phi) is 5.77. The number of halogens is 2. The third-order valence-corrected chi connectivity index (χ3v) is 5.98. The molecule has 1 atom stereocenters. The maximum absolute atomic E-state index is 11.8. The fourth-order valence-electron chi connectivity index (χ4n) is 3.22. The molecule has 0 radical (unpaired) electrons. The van der Waals surface area contributed by atoms with Crippen molar-refractivity contribution >= 4 is 51.3 Å². The van der Waals surface area contributed by atoms with Gasteiger partial charge in [-0.05, 0) is 55.6 Å². The third-order valence-electron chi connectivity index (χ3n) is 4.54. The highest BCUT2D eigenvalue weighted by molar-refractivity contribution is 7.22. The molecule has 1 aromatic carbocycles. The number of rotatable bonds is 4. The summed E-state index contributed by atoms with van der Waals surface area (Å²) in [5, 5.41) is 13.5. The van der Waals surface area contributed by atoms with Gasteiger partial charge in [-0.1, -0.05) is 23.7 Å². The molecule has 3 heterocycles. The van der Waals surface area contributed by atoms with Crippen molar-refractivity contribution in [2.24, 2.45) is 11.7 Å². The molecular formula is C18H18Cl2N4OS. The Morgan fingerprint density at radius 1 is 1.31 bits per heavy atom. The van der Waals surface area contributed by atoms with E-state index in [9.17, 15) is 4.79 Å². The summed E-state index contributed by atoms with van der Waals surface area (Å²) in [4.78, 5) is 12.8. The Labute approximate surface area is 166 Å². The van der Waals surface area contributed by atoms with Crippen molar-refractivity contribution in [3.63, 3.8) is 0 Å². The monoisotopic (exact) mass is 408 g/mol. The van der Waals surface area contributed by atoms with E-state index in [-0.39, 0.29) is 18.1 Å². The van der Waals surface area contributed by atoms with Crippen LogP contribution in [0.15, 0.2) is 30.3 Å². The predicted octanol–water partition coefficient (Wildman–Crippen LogP) is 3.68. The average Bonchev–Trinajstić information content (AvgIpc) is 3.25. The molecular weight excluding hydrogens is 391 g/mol. The molecule has 2 aromatic heterocycles. The number of aromatic nitrogens is 2. The fourth-order valence-corrected chi connectivity index (χ4v) is 4.52. The lowest BCUT2D eigenvalue weighted by molar-refractivity contribution is 0.0996. The Hall–Kier alpha value is -1.73. The summed E-state index contributed by atoms with van der Waals surface area (Å²) < 4.78 is 0.813. The molecule has 0 aliphatic carbocycles. The molecule has 3 aromatic rings. The molecule has 1 aliphatic heterocycles. The van der Waals surface area contributed by atoms with Crippen molar-refractivity contribution in [1.82, 2.24) is 15.5 Å². The second-order valence-electron chi connectivity index (χ2n) is 6.28. The van der Waals surface area contributed by atoms with Crippen LogP contribution in [0.3, 0.4) is 0 Å². The Morgan fingerprint density at radius 3 is 2.73 bits per heavy atom. The minimum absolute atomic E-state index is 0. The summed E-state index contributed by atoms with van der Waals surface area (Å²) in [5.41, 5.74) is 7.73. The maximum Gasteiger partial charge on any atom is 0.270 e. The number of carbonyl (C=O) groups is 1. The number of nitrogens with one attached hydrogen (secondary N) is 1. The van der Waals surface area contributed by atoms with E-state index in [1.165, 1.54) is 11.3 Å². The first-order valence-corrected chi connectivity index (χ1v) is 9.37. The zero-order valence-electron chi connectivity index (χ0n) is 13.9. The molecule has 1 fully saturated rings. The molecule has 3 N–H and O–H groups in total. The summed E-state index contributed by atoms with van der Waals surface area (Å²) in [6, 6.07) is 9.74. The van der Waals surface area contributed by atoms with Crippen LogP contribution in [0.4, 0.5) is 0 Å². The summed E-state index contributed by atoms with van der Waals surface area (Å²) in [5.74, 6) is 0.00639. The quantitative estimate of drug-likeness (QED) is 0.689. The van der Waals surface area contributed by atoms with Gasteiger partial charge >= 0.3 is 0 Å². The van der Waals surface area contributed by atoms with Gasteiger partial charge in [0.05, 0.1) is 10.4 Å². The summed E-state index contributed by atoms with van der Waals surface area (Å²) in [6.07, 6.45) is 1.99. The van der Waals surface area contributed by atoms with Crippen molar-refractivity contribution in [2.75, 3.05) is 13.1 Å². The van der Waals surface area contributed by atoms with E-state index in [2.05, 4.69) is 21.6 Å². The lowest BCUT2D eigenvalue weighted by atomic mass is 10.0. The van der Waals surface area contributed by atoms with E-state index in [1.807, 2.05) is 24.3 Å². The van der Waals surface area contributed by atoms with Crippen LogP contribution in [0.2, 0.25) is 5.02 Å². The minimum atomic E-state index is -0.545. The number of benzene rings is 1. The van der Waals surface area contributed by atoms with Gasteiger partial charge in [-0.3, -0.25) is 4.79 Å². The lowest BCUT2D eigenvalue weighted by Crippen LogP contribution is -2.16. The number of fused-ring (bicyclic) bond motifs is 1. The van der Waals surface area contributed by atoms with Crippen LogP contribution in [-0.4, -0.2) is 29.2 Å². The molecule has 4 rings (SSSR count). The molecule has 1 amide bonds. The number of carbonyl (C=O) groups excluding carboxylic acids is 1. The van der Waals surface area contributed by atoms with Gasteiger partial charge in [-0.2, -0.15) is 5.10 Å². The fraction of sp³-hybridized carbons (Fsp3) is 0.278. The first kappa shape index (κ1) is 19.0. The molecule has 1 unspecified atom stereocenters. The first-order chi connectivity index (χ1) is 12.1. The highest BCUT2D eigenvalue weighted by Crippen LogP contribution is 2.37. The van der Waals surface area contributed by atoms with E-state index in [4.69, 9.17) is 17.3 Å².